The minimum Gasteiger partial charge on any atom is -0.375 e. The number of piperidine rings is 1. The van der Waals surface area contributed by atoms with Crippen LogP contribution in [0.5, 0.6) is 0 Å². The van der Waals surface area contributed by atoms with E-state index in [9.17, 15) is 9.59 Å². The van der Waals surface area contributed by atoms with Crippen molar-refractivity contribution in [2.45, 2.75) is 50.9 Å². The lowest BCUT2D eigenvalue weighted by atomic mass is 9.92. The highest BCUT2D eigenvalue weighted by atomic mass is 16.5. The number of fused-ring (bicyclic) bond motifs is 4. The predicted molar refractivity (Wildman–Crippen MR) is 165 cm³/mol. The van der Waals surface area contributed by atoms with Crippen LogP contribution in [0.4, 0.5) is 5.69 Å². The normalized spacial score (nSPS) is 19.6. The Kier molecular flexibility index (Phi) is 8.58. The molecule has 2 amide bonds. The molecule has 7 heteroatoms. The Morgan fingerprint density at radius 3 is 2.48 bits per heavy atom. The van der Waals surface area contributed by atoms with Gasteiger partial charge in [-0.1, -0.05) is 79.2 Å². The van der Waals surface area contributed by atoms with E-state index in [1.54, 1.807) is 7.11 Å². The second-order valence-corrected chi connectivity index (χ2v) is 11.4. The van der Waals surface area contributed by atoms with Gasteiger partial charge in [0.15, 0.2) is 0 Å². The van der Waals surface area contributed by atoms with Crippen LogP contribution in [0.3, 0.4) is 0 Å². The summed E-state index contributed by atoms with van der Waals surface area (Å²) in [6.07, 6.45) is 4.03. The fraction of sp³-hybridized carbons (Fsp3) is 0.343. The number of hydrogen-bond acceptors (Lipinski definition) is 5. The summed E-state index contributed by atoms with van der Waals surface area (Å²) in [7, 11) is 1.56. The fourth-order valence-corrected chi connectivity index (χ4v) is 6.57. The van der Waals surface area contributed by atoms with Crippen LogP contribution in [0.15, 0.2) is 91.0 Å². The van der Waals surface area contributed by atoms with Crippen LogP contribution in [-0.4, -0.2) is 65.5 Å². The lowest BCUT2D eigenvalue weighted by Crippen LogP contribution is -2.52. The molecule has 2 aliphatic rings. The molecule has 0 saturated carbocycles. The molecule has 1 fully saturated rings. The maximum atomic E-state index is 14.3. The SMILES string of the molecule is COCC(=O)N1CCC2CCCC(CN(C(=O)c3ccc4ccccc4n3)Cc3ccccc31)N2Cc1ccccc1. The summed E-state index contributed by atoms with van der Waals surface area (Å²) < 4.78 is 5.28. The van der Waals surface area contributed by atoms with Crippen molar-refractivity contribution >= 4 is 28.4 Å². The molecule has 0 N–H and O–H groups in total. The van der Waals surface area contributed by atoms with E-state index in [1.807, 2.05) is 76.5 Å². The molecular weight excluding hydrogens is 524 g/mol. The number of nitrogens with zero attached hydrogens (tertiary/aromatic N) is 4. The highest BCUT2D eigenvalue weighted by Gasteiger charge is 2.35. The zero-order valence-corrected chi connectivity index (χ0v) is 24.2. The molecule has 2 bridgehead atoms. The Hall–Kier alpha value is -4.07. The zero-order chi connectivity index (χ0) is 28.9. The highest BCUT2D eigenvalue weighted by molar-refractivity contribution is 5.96. The van der Waals surface area contributed by atoms with Gasteiger partial charge in [0.05, 0.1) is 5.52 Å². The van der Waals surface area contributed by atoms with Gasteiger partial charge in [-0.15, -0.1) is 0 Å². The number of methoxy groups -OCH3 is 1. The molecule has 3 aromatic carbocycles. The largest absolute Gasteiger partial charge is 0.375 e. The molecule has 0 spiro atoms. The number of benzene rings is 3. The van der Waals surface area contributed by atoms with Gasteiger partial charge in [0, 0.05) is 56.4 Å². The van der Waals surface area contributed by atoms with Gasteiger partial charge in [-0.2, -0.15) is 0 Å². The molecule has 1 saturated heterocycles. The number of pyridine rings is 1. The van der Waals surface area contributed by atoms with E-state index in [0.29, 0.717) is 31.4 Å². The first-order chi connectivity index (χ1) is 20.6. The number of aromatic nitrogens is 1. The number of carbonyl (C=O) groups is 2. The van der Waals surface area contributed by atoms with Crippen LogP contribution in [0.1, 0.15) is 47.3 Å². The number of rotatable bonds is 5. The summed E-state index contributed by atoms with van der Waals surface area (Å²) >= 11 is 0. The van der Waals surface area contributed by atoms with Gasteiger partial charge >= 0.3 is 0 Å². The molecule has 7 nitrogen and oxygen atoms in total. The third kappa shape index (κ3) is 6.08. The summed E-state index contributed by atoms with van der Waals surface area (Å²) in [6, 6.07) is 30.7. The van der Waals surface area contributed by atoms with Crippen molar-refractivity contribution in [2.75, 3.05) is 31.7 Å². The van der Waals surface area contributed by atoms with Gasteiger partial charge < -0.3 is 14.5 Å². The van der Waals surface area contributed by atoms with Crippen molar-refractivity contribution in [2.24, 2.45) is 0 Å². The Morgan fingerprint density at radius 1 is 0.857 bits per heavy atom. The topological polar surface area (TPSA) is 66.0 Å². The quantitative estimate of drug-likeness (QED) is 0.313. The molecule has 3 heterocycles. The smallest absolute Gasteiger partial charge is 0.272 e. The van der Waals surface area contributed by atoms with Crippen molar-refractivity contribution in [1.82, 2.24) is 14.8 Å². The van der Waals surface area contributed by atoms with Crippen LogP contribution in [0.25, 0.3) is 10.9 Å². The third-order valence-electron chi connectivity index (χ3n) is 8.66. The number of amides is 2. The molecule has 0 aliphatic carbocycles. The molecule has 0 radical (unpaired) electrons. The van der Waals surface area contributed by atoms with Gasteiger partial charge in [0.2, 0.25) is 0 Å². The number of carbonyl (C=O) groups excluding carboxylic acids is 2. The van der Waals surface area contributed by atoms with Gasteiger partial charge in [0.25, 0.3) is 11.8 Å². The van der Waals surface area contributed by atoms with Gasteiger partial charge in [-0.3, -0.25) is 14.5 Å². The monoisotopic (exact) mass is 562 g/mol. The molecule has 2 aliphatic heterocycles. The van der Waals surface area contributed by atoms with Crippen LogP contribution < -0.4 is 4.90 Å². The van der Waals surface area contributed by atoms with E-state index in [1.165, 1.54) is 5.56 Å². The van der Waals surface area contributed by atoms with Crippen molar-refractivity contribution in [1.29, 1.82) is 0 Å². The van der Waals surface area contributed by atoms with Crippen LogP contribution in [-0.2, 0) is 22.6 Å². The summed E-state index contributed by atoms with van der Waals surface area (Å²) in [6.45, 7) is 2.41. The molecule has 2 unspecified atom stereocenters. The zero-order valence-electron chi connectivity index (χ0n) is 24.2. The van der Waals surface area contributed by atoms with Crippen LogP contribution >= 0.6 is 0 Å². The standard InChI is InChI=1S/C35H38N4O3/c1-42-25-34(40)38-21-20-29-14-9-15-30(39(29)22-26-10-3-2-4-11-26)24-37(23-28-13-6-8-17-33(28)38)35(41)32-19-18-27-12-5-7-16-31(27)36-32/h2-8,10-13,16-19,29-30H,9,14-15,20-25H2,1H3. The van der Waals surface area contributed by atoms with Crippen molar-refractivity contribution in [3.63, 3.8) is 0 Å². The summed E-state index contributed by atoms with van der Waals surface area (Å²) in [5.41, 5.74) is 4.29. The maximum Gasteiger partial charge on any atom is 0.272 e. The van der Waals surface area contributed by atoms with E-state index < -0.39 is 0 Å². The first-order valence-electron chi connectivity index (χ1n) is 14.9. The Bertz CT molecular complexity index is 1540. The third-order valence-corrected chi connectivity index (χ3v) is 8.66. The van der Waals surface area contributed by atoms with E-state index in [0.717, 1.165) is 54.4 Å². The van der Waals surface area contributed by atoms with Crippen LogP contribution in [0, 0.1) is 0 Å². The van der Waals surface area contributed by atoms with Gasteiger partial charge in [-0.05, 0) is 48.6 Å². The van der Waals surface area contributed by atoms with Crippen molar-refractivity contribution in [3.8, 4) is 0 Å². The minimum atomic E-state index is -0.0913. The lowest BCUT2D eigenvalue weighted by Gasteiger charge is -2.44. The summed E-state index contributed by atoms with van der Waals surface area (Å²) in [5, 5.41) is 1.01. The molecule has 2 atom stereocenters. The number of para-hydroxylation sites is 2. The first kappa shape index (κ1) is 28.1. The molecule has 4 aromatic rings. The van der Waals surface area contributed by atoms with Gasteiger partial charge in [-0.25, -0.2) is 4.98 Å². The second-order valence-electron chi connectivity index (χ2n) is 11.4. The van der Waals surface area contributed by atoms with Crippen LogP contribution in [0.2, 0.25) is 0 Å². The maximum absolute atomic E-state index is 14.3. The molecule has 1 aromatic heterocycles. The molecular formula is C35H38N4O3. The predicted octanol–water partition coefficient (Wildman–Crippen LogP) is 5.68. The Balaban J connectivity index is 1.42. The molecule has 6 rings (SSSR count). The number of ether oxygens (including phenoxy) is 1. The van der Waals surface area contributed by atoms with Crippen molar-refractivity contribution < 1.29 is 14.3 Å². The molecule has 42 heavy (non-hydrogen) atoms. The second kappa shape index (κ2) is 12.8. The Labute approximate surface area is 247 Å². The Morgan fingerprint density at radius 2 is 1.62 bits per heavy atom. The van der Waals surface area contributed by atoms with E-state index in [2.05, 4.69) is 29.2 Å². The lowest BCUT2D eigenvalue weighted by molar-refractivity contribution is -0.122. The van der Waals surface area contributed by atoms with E-state index in [4.69, 9.17) is 9.72 Å². The van der Waals surface area contributed by atoms with E-state index in [-0.39, 0.29) is 24.5 Å². The fourth-order valence-electron chi connectivity index (χ4n) is 6.57. The average molecular weight is 563 g/mol. The molecule has 216 valence electrons. The van der Waals surface area contributed by atoms with E-state index >= 15 is 0 Å². The summed E-state index contributed by atoms with van der Waals surface area (Å²) in [4.78, 5) is 38.9. The summed E-state index contributed by atoms with van der Waals surface area (Å²) in [5.74, 6) is -0.161. The van der Waals surface area contributed by atoms with Crippen molar-refractivity contribution in [3.05, 3.63) is 108 Å². The highest BCUT2D eigenvalue weighted by Crippen LogP contribution is 2.32. The number of anilines is 1. The first-order valence-corrected chi connectivity index (χ1v) is 14.9. The van der Waals surface area contributed by atoms with Gasteiger partial charge in [0.1, 0.15) is 12.3 Å². The minimum absolute atomic E-state index is 0.0129. The number of hydrogen-bond donors (Lipinski definition) is 0. The average Bonchev–Trinajstić information content (AvgIpc) is 3.03.